The van der Waals surface area contributed by atoms with E-state index in [9.17, 15) is 0 Å². The van der Waals surface area contributed by atoms with Crippen molar-refractivity contribution in [1.29, 1.82) is 0 Å². The lowest BCUT2D eigenvalue weighted by Crippen LogP contribution is -1.97. The zero-order valence-electron chi connectivity index (χ0n) is 13.4. The number of halogens is 2. The average molecular weight is 447 g/mol. The number of nitrogens with one attached hydrogen (secondary N) is 1. The monoisotopic (exact) mass is 445 g/mol. The molecule has 0 saturated heterocycles. The van der Waals surface area contributed by atoms with Crippen LogP contribution in [0.4, 0.5) is 5.13 Å². The third kappa shape index (κ3) is 4.64. The molecule has 3 rings (SSSR count). The number of hydrogen-bond donors (Lipinski definition) is 1. The van der Waals surface area contributed by atoms with Crippen molar-refractivity contribution in [3.8, 4) is 29.4 Å². The molecule has 1 heterocycles. The van der Waals surface area contributed by atoms with Crippen LogP contribution in [0.15, 0.2) is 57.4 Å². The van der Waals surface area contributed by atoms with Crippen LogP contribution >= 0.6 is 38.9 Å². The van der Waals surface area contributed by atoms with Crippen LogP contribution in [0, 0.1) is 12.3 Å². The minimum atomic E-state index is 0.154. The maximum Gasteiger partial charge on any atom is 0.203 e. The first-order valence-corrected chi connectivity index (χ1v) is 9.58. The second kappa shape index (κ2) is 8.86. The lowest BCUT2D eigenvalue weighted by molar-refractivity contribution is 0.368. The fraction of sp³-hybridized carbons (Fsp3) is 0.0526. The van der Waals surface area contributed by atoms with E-state index in [0.29, 0.717) is 20.4 Å². The molecule has 1 aromatic heterocycles. The summed E-state index contributed by atoms with van der Waals surface area (Å²) in [5.41, 5.74) is 5.72. The molecule has 0 unspecified atom stereocenters. The summed E-state index contributed by atoms with van der Waals surface area (Å²) < 4.78 is 6.12. The summed E-state index contributed by atoms with van der Waals surface area (Å²) in [7, 11) is 0. The van der Waals surface area contributed by atoms with Crippen LogP contribution in [0.5, 0.6) is 5.75 Å². The summed E-state index contributed by atoms with van der Waals surface area (Å²) >= 11 is 11.1. The Bertz CT molecular complexity index is 943. The van der Waals surface area contributed by atoms with Crippen LogP contribution < -0.4 is 10.2 Å². The van der Waals surface area contributed by atoms with E-state index in [1.807, 2.05) is 41.8 Å². The second-order valence-corrected chi connectivity index (χ2v) is 7.20. The van der Waals surface area contributed by atoms with Gasteiger partial charge in [-0.3, -0.25) is 5.43 Å². The minimum Gasteiger partial charge on any atom is -0.478 e. The van der Waals surface area contributed by atoms with Gasteiger partial charge in [0.05, 0.1) is 21.4 Å². The third-order valence-electron chi connectivity index (χ3n) is 3.27. The lowest BCUT2D eigenvalue weighted by Gasteiger charge is -2.08. The van der Waals surface area contributed by atoms with Gasteiger partial charge in [-0.05, 0) is 33.6 Å². The Morgan fingerprint density at radius 3 is 2.88 bits per heavy atom. The van der Waals surface area contributed by atoms with E-state index in [2.05, 4.69) is 37.4 Å². The molecule has 4 nitrogen and oxygen atoms in total. The summed E-state index contributed by atoms with van der Waals surface area (Å²) in [4.78, 5) is 4.51. The maximum absolute atomic E-state index is 6.22. The maximum atomic E-state index is 6.22. The van der Waals surface area contributed by atoms with Gasteiger partial charge in [0.25, 0.3) is 0 Å². The van der Waals surface area contributed by atoms with Crippen molar-refractivity contribution in [1.82, 2.24) is 4.98 Å². The molecule has 0 atom stereocenters. The van der Waals surface area contributed by atoms with E-state index in [-0.39, 0.29) is 6.61 Å². The number of ether oxygens (including phenoxy) is 1. The largest absolute Gasteiger partial charge is 0.478 e. The third-order valence-corrected chi connectivity index (χ3v) is 4.88. The van der Waals surface area contributed by atoms with Crippen LogP contribution in [-0.2, 0) is 0 Å². The molecule has 0 bridgehead atoms. The predicted octanol–water partition coefficient (Wildman–Crippen LogP) is 5.68. The fourth-order valence-corrected chi connectivity index (χ4v) is 3.79. The van der Waals surface area contributed by atoms with Crippen molar-refractivity contribution in [3.63, 3.8) is 0 Å². The molecule has 1 N–H and O–H groups in total. The first kappa shape index (κ1) is 18.5. The molecule has 0 amide bonds. The van der Waals surface area contributed by atoms with Crippen LogP contribution in [0.1, 0.15) is 5.56 Å². The van der Waals surface area contributed by atoms with Crippen molar-refractivity contribution < 1.29 is 4.74 Å². The van der Waals surface area contributed by atoms with Gasteiger partial charge >= 0.3 is 0 Å². The smallest absolute Gasteiger partial charge is 0.203 e. The van der Waals surface area contributed by atoms with Crippen molar-refractivity contribution in [2.75, 3.05) is 12.0 Å². The summed E-state index contributed by atoms with van der Waals surface area (Å²) in [6.45, 7) is 0.154. The Labute approximate surface area is 169 Å². The molecule has 0 spiro atoms. The van der Waals surface area contributed by atoms with Crippen LogP contribution in [0.3, 0.4) is 0 Å². The first-order valence-electron chi connectivity index (χ1n) is 7.52. The molecule has 0 aliphatic heterocycles. The quantitative estimate of drug-likeness (QED) is 0.301. The number of aromatic nitrogens is 1. The van der Waals surface area contributed by atoms with Crippen molar-refractivity contribution in [3.05, 3.63) is 62.9 Å². The molecule has 0 radical (unpaired) electrons. The van der Waals surface area contributed by atoms with E-state index in [0.717, 1.165) is 16.8 Å². The number of benzene rings is 2. The van der Waals surface area contributed by atoms with E-state index in [4.69, 9.17) is 22.8 Å². The molecular formula is C19H13BrClN3OS. The summed E-state index contributed by atoms with van der Waals surface area (Å²) in [6.07, 6.45) is 6.86. The van der Waals surface area contributed by atoms with Crippen LogP contribution in [0.25, 0.3) is 11.3 Å². The number of terminal acetylenes is 1. The standard InChI is InChI=1S/C19H13BrClN3OS/c1-2-8-25-18-15(20)9-13(10-16(18)21)11-22-24-19-23-17(12-26-19)14-6-4-3-5-7-14/h1,3-7,9-12H,8H2,(H,23,24). The summed E-state index contributed by atoms with van der Waals surface area (Å²) in [5.74, 6) is 2.92. The highest BCUT2D eigenvalue weighted by Crippen LogP contribution is 2.34. The molecule has 26 heavy (non-hydrogen) atoms. The van der Waals surface area contributed by atoms with Crippen molar-refractivity contribution >= 4 is 50.2 Å². The Hall–Kier alpha value is -2.33. The number of hydrazone groups is 1. The molecule has 3 aromatic rings. The Balaban J connectivity index is 1.68. The highest BCUT2D eigenvalue weighted by atomic mass is 79.9. The van der Waals surface area contributed by atoms with E-state index < -0.39 is 0 Å². The van der Waals surface area contributed by atoms with Gasteiger partial charge in [0, 0.05) is 10.9 Å². The zero-order chi connectivity index (χ0) is 18.4. The van der Waals surface area contributed by atoms with Gasteiger partial charge in [0.1, 0.15) is 6.61 Å². The molecule has 7 heteroatoms. The molecule has 0 fully saturated rings. The molecule has 2 aromatic carbocycles. The molecule has 130 valence electrons. The highest BCUT2D eigenvalue weighted by molar-refractivity contribution is 9.10. The van der Waals surface area contributed by atoms with E-state index in [1.54, 1.807) is 12.3 Å². The van der Waals surface area contributed by atoms with Gasteiger partial charge in [0.2, 0.25) is 5.13 Å². The van der Waals surface area contributed by atoms with E-state index in [1.165, 1.54) is 11.3 Å². The second-order valence-electron chi connectivity index (χ2n) is 5.08. The van der Waals surface area contributed by atoms with Crippen molar-refractivity contribution in [2.24, 2.45) is 5.10 Å². The number of hydrogen-bond acceptors (Lipinski definition) is 5. The zero-order valence-corrected chi connectivity index (χ0v) is 16.6. The number of thiazole rings is 1. The average Bonchev–Trinajstić information content (AvgIpc) is 3.11. The summed E-state index contributed by atoms with van der Waals surface area (Å²) in [5, 5.41) is 7.36. The SMILES string of the molecule is C#CCOc1c(Cl)cc(C=NNc2nc(-c3ccccc3)cs2)cc1Br. The molecule has 0 aliphatic rings. The Morgan fingerprint density at radius 1 is 1.35 bits per heavy atom. The number of anilines is 1. The van der Waals surface area contributed by atoms with Gasteiger partial charge in [-0.1, -0.05) is 47.9 Å². The normalized spacial score (nSPS) is 10.7. The molecule has 0 aliphatic carbocycles. The molecular weight excluding hydrogens is 434 g/mol. The molecule has 0 saturated carbocycles. The highest BCUT2D eigenvalue weighted by Gasteiger charge is 2.08. The predicted molar refractivity (Wildman–Crippen MR) is 112 cm³/mol. The van der Waals surface area contributed by atoms with Crippen molar-refractivity contribution in [2.45, 2.75) is 0 Å². The number of nitrogens with zero attached hydrogens (tertiary/aromatic N) is 2. The lowest BCUT2D eigenvalue weighted by atomic mass is 10.2. The van der Waals surface area contributed by atoms with Gasteiger partial charge < -0.3 is 4.74 Å². The van der Waals surface area contributed by atoms with Gasteiger partial charge in [-0.2, -0.15) is 5.10 Å². The topological polar surface area (TPSA) is 46.5 Å². The first-order chi connectivity index (χ1) is 12.7. The van der Waals surface area contributed by atoms with Gasteiger partial charge in [0.15, 0.2) is 5.75 Å². The van der Waals surface area contributed by atoms with Gasteiger partial charge in [-0.25, -0.2) is 4.98 Å². The van der Waals surface area contributed by atoms with Gasteiger partial charge in [-0.15, -0.1) is 17.8 Å². The minimum absolute atomic E-state index is 0.154. The van der Waals surface area contributed by atoms with E-state index >= 15 is 0 Å². The van der Waals surface area contributed by atoms with Crippen LogP contribution in [0.2, 0.25) is 5.02 Å². The number of rotatable bonds is 6. The Morgan fingerprint density at radius 2 is 2.15 bits per heavy atom. The van der Waals surface area contributed by atoms with Crippen LogP contribution in [-0.4, -0.2) is 17.8 Å². The fourth-order valence-electron chi connectivity index (χ4n) is 2.13. The Kier molecular flexibility index (Phi) is 6.29. The summed E-state index contributed by atoms with van der Waals surface area (Å²) in [6, 6.07) is 13.6.